The fourth-order valence-corrected chi connectivity index (χ4v) is 3.22. The molecule has 1 saturated heterocycles. The molecule has 2 N–H and O–H groups in total. The van der Waals surface area contributed by atoms with Crippen LogP contribution >= 0.6 is 0 Å². The van der Waals surface area contributed by atoms with Crippen LogP contribution in [-0.2, 0) is 4.74 Å². The first-order valence-corrected chi connectivity index (χ1v) is 7.71. The molecule has 0 amide bonds. The maximum Gasteiger partial charge on any atom is 0.105 e. The molecule has 1 aliphatic heterocycles. The Morgan fingerprint density at radius 3 is 2.60 bits per heavy atom. The maximum atomic E-state index is 10.5. The SMILES string of the molecule is Cc1ccc(C2CC(NCC3(O)CCOC3C)C2)cc1. The normalized spacial score (nSPS) is 36.9. The molecule has 1 aromatic carbocycles. The van der Waals surface area contributed by atoms with Crippen molar-refractivity contribution in [3.63, 3.8) is 0 Å². The molecule has 0 aromatic heterocycles. The van der Waals surface area contributed by atoms with Crippen molar-refractivity contribution in [1.82, 2.24) is 5.32 Å². The molecule has 3 rings (SSSR count). The summed E-state index contributed by atoms with van der Waals surface area (Å²) >= 11 is 0. The van der Waals surface area contributed by atoms with E-state index in [0.29, 0.717) is 25.1 Å². The molecule has 2 unspecified atom stereocenters. The highest BCUT2D eigenvalue weighted by Crippen LogP contribution is 2.37. The Balaban J connectivity index is 1.45. The van der Waals surface area contributed by atoms with Crippen LogP contribution in [0.2, 0.25) is 0 Å². The Labute approximate surface area is 121 Å². The summed E-state index contributed by atoms with van der Waals surface area (Å²) in [5.41, 5.74) is 2.10. The van der Waals surface area contributed by atoms with Gasteiger partial charge in [0.2, 0.25) is 0 Å². The lowest BCUT2D eigenvalue weighted by atomic mass is 9.75. The summed E-state index contributed by atoms with van der Waals surface area (Å²) in [6.45, 7) is 5.42. The van der Waals surface area contributed by atoms with Crippen molar-refractivity contribution in [3.05, 3.63) is 35.4 Å². The molecule has 1 aliphatic carbocycles. The first kappa shape index (κ1) is 14.1. The molecule has 20 heavy (non-hydrogen) atoms. The molecule has 3 heteroatoms. The summed E-state index contributed by atoms with van der Waals surface area (Å²) in [5, 5.41) is 14.0. The number of hydrogen-bond acceptors (Lipinski definition) is 3. The lowest BCUT2D eigenvalue weighted by Gasteiger charge is -2.38. The second kappa shape index (κ2) is 5.47. The number of benzene rings is 1. The number of hydrogen-bond donors (Lipinski definition) is 2. The number of aryl methyl sites for hydroxylation is 1. The van der Waals surface area contributed by atoms with Crippen LogP contribution in [0.4, 0.5) is 0 Å². The highest BCUT2D eigenvalue weighted by atomic mass is 16.5. The van der Waals surface area contributed by atoms with Crippen molar-refractivity contribution < 1.29 is 9.84 Å². The van der Waals surface area contributed by atoms with E-state index in [1.54, 1.807) is 0 Å². The molecule has 1 heterocycles. The minimum Gasteiger partial charge on any atom is -0.386 e. The van der Waals surface area contributed by atoms with E-state index >= 15 is 0 Å². The Kier molecular flexibility index (Phi) is 3.85. The van der Waals surface area contributed by atoms with Crippen molar-refractivity contribution in [2.75, 3.05) is 13.2 Å². The molecular weight excluding hydrogens is 250 g/mol. The van der Waals surface area contributed by atoms with E-state index in [0.717, 1.165) is 6.42 Å². The molecule has 2 atom stereocenters. The lowest BCUT2D eigenvalue weighted by molar-refractivity contribution is -0.0295. The summed E-state index contributed by atoms with van der Waals surface area (Å²) in [6, 6.07) is 9.41. The summed E-state index contributed by atoms with van der Waals surface area (Å²) in [5.74, 6) is 0.681. The molecule has 0 radical (unpaired) electrons. The third-order valence-corrected chi connectivity index (χ3v) is 5.04. The molecule has 1 saturated carbocycles. The smallest absolute Gasteiger partial charge is 0.105 e. The second-order valence-corrected chi connectivity index (χ2v) is 6.52. The Morgan fingerprint density at radius 1 is 1.30 bits per heavy atom. The van der Waals surface area contributed by atoms with E-state index in [9.17, 15) is 5.11 Å². The van der Waals surface area contributed by atoms with Gasteiger partial charge in [-0.1, -0.05) is 29.8 Å². The lowest BCUT2D eigenvalue weighted by Crippen LogP contribution is -2.51. The van der Waals surface area contributed by atoms with Crippen molar-refractivity contribution in [1.29, 1.82) is 0 Å². The van der Waals surface area contributed by atoms with E-state index in [1.807, 2.05) is 6.92 Å². The van der Waals surface area contributed by atoms with Crippen molar-refractivity contribution >= 4 is 0 Å². The van der Waals surface area contributed by atoms with Crippen molar-refractivity contribution in [2.45, 2.75) is 56.8 Å². The van der Waals surface area contributed by atoms with Crippen LogP contribution in [0.1, 0.15) is 43.2 Å². The average molecular weight is 275 g/mol. The Morgan fingerprint density at radius 2 is 2.00 bits per heavy atom. The number of ether oxygens (including phenoxy) is 1. The Bertz CT molecular complexity index is 453. The maximum absolute atomic E-state index is 10.5. The van der Waals surface area contributed by atoms with Crippen LogP contribution in [0.5, 0.6) is 0 Å². The van der Waals surface area contributed by atoms with Crippen molar-refractivity contribution in [3.8, 4) is 0 Å². The van der Waals surface area contributed by atoms with Gasteiger partial charge >= 0.3 is 0 Å². The standard InChI is InChI=1S/C17H25NO2/c1-12-3-5-14(6-4-12)15-9-16(10-15)18-11-17(19)7-8-20-13(17)2/h3-6,13,15-16,18-19H,7-11H2,1-2H3. The summed E-state index contributed by atoms with van der Waals surface area (Å²) in [7, 11) is 0. The van der Waals surface area contributed by atoms with Gasteiger partial charge in [-0.15, -0.1) is 0 Å². The fourth-order valence-electron chi connectivity index (χ4n) is 3.22. The van der Waals surface area contributed by atoms with Gasteiger partial charge in [0.25, 0.3) is 0 Å². The summed E-state index contributed by atoms with van der Waals surface area (Å²) in [4.78, 5) is 0. The van der Waals surface area contributed by atoms with Gasteiger partial charge in [0.15, 0.2) is 0 Å². The first-order chi connectivity index (χ1) is 9.57. The fraction of sp³-hybridized carbons (Fsp3) is 0.647. The topological polar surface area (TPSA) is 41.5 Å². The van der Waals surface area contributed by atoms with Gasteiger partial charge in [0, 0.05) is 25.6 Å². The predicted octanol–water partition coefficient (Wildman–Crippen LogP) is 2.37. The molecule has 0 bridgehead atoms. The largest absolute Gasteiger partial charge is 0.386 e. The number of rotatable bonds is 4. The molecule has 1 aromatic rings. The molecule has 3 nitrogen and oxygen atoms in total. The van der Waals surface area contributed by atoms with Crippen LogP contribution in [0.3, 0.4) is 0 Å². The summed E-state index contributed by atoms with van der Waals surface area (Å²) < 4.78 is 5.46. The minimum atomic E-state index is -0.672. The quantitative estimate of drug-likeness (QED) is 0.886. The predicted molar refractivity (Wildman–Crippen MR) is 79.9 cm³/mol. The third-order valence-electron chi connectivity index (χ3n) is 5.04. The second-order valence-electron chi connectivity index (χ2n) is 6.52. The van der Waals surface area contributed by atoms with Gasteiger partial charge in [-0.25, -0.2) is 0 Å². The van der Waals surface area contributed by atoms with Crippen LogP contribution in [-0.4, -0.2) is 36.0 Å². The van der Waals surface area contributed by atoms with E-state index in [2.05, 4.69) is 36.5 Å². The highest BCUT2D eigenvalue weighted by molar-refractivity contribution is 5.26. The zero-order valence-electron chi connectivity index (χ0n) is 12.4. The van der Waals surface area contributed by atoms with E-state index < -0.39 is 5.60 Å². The zero-order valence-corrected chi connectivity index (χ0v) is 12.4. The zero-order chi connectivity index (χ0) is 14.2. The number of aliphatic hydroxyl groups is 1. The minimum absolute atomic E-state index is 0.0528. The molecule has 0 spiro atoms. The molecule has 2 aliphatic rings. The van der Waals surface area contributed by atoms with Crippen LogP contribution in [0, 0.1) is 6.92 Å². The third kappa shape index (κ3) is 2.76. The van der Waals surface area contributed by atoms with Gasteiger partial charge in [0.05, 0.1) is 6.10 Å². The first-order valence-electron chi connectivity index (χ1n) is 7.71. The van der Waals surface area contributed by atoms with E-state index in [1.165, 1.54) is 24.0 Å². The van der Waals surface area contributed by atoms with Crippen LogP contribution in [0.25, 0.3) is 0 Å². The average Bonchev–Trinajstić information content (AvgIpc) is 2.70. The van der Waals surface area contributed by atoms with Gasteiger partial charge < -0.3 is 15.2 Å². The van der Waals surface area contributed by atoms with Gasteiger partial charge in [-0.05, 0) is 38.2 Å². The Hall–Kier alpha value is -0.900. The molecular formula is C17H25NO2. The van der Waals surface area contributed by atoms with Gasteiger partial charge in [-0.3, -0.25) is 0 Å². The van der Waals surface area contributed by atoms with Crippen molar-refractivity contribution in [2.24, 2.45) is 0 Å². The van der Waals surface area contributed by atoms with Gasteiger partial charge in [-0.2, -0.15) is 0 Å². The number of nitrogens with one attached hydrogen (secondary N) is 1. The highest BCUT2D eigenvalue weighted by Gasteiger charge is 2.40. The molecule has 110 valence electrons. The van der Waals surface area contributed by atoms with E-state index in [-0.39, 0.29) is 6.10 Å². The monoisotopic (exact) mass is 275 g/mol. The van der Waals surface area contributed by atoms with Crippen LogP contribution in [0.15, 0.2) is 24.3 Å². The van der Waals surface area contributed by atoms with E-state index in [4.69, 9.17) is 4.74 Å². The summed E-state index contributed by atoms with van der Waals surface area (Å²) in [6.07, 6.45) is 3.04. The molecule has 2 fully saturated rings. The van der Waals surface area contributed by atoms with Crippen LogP contribution < -0.4 is 5.32 Å². The van der Waals surface area contributed by atoms with Gasteiger partial charge in [0.1, 0.15) is 5.60 Å².